The van der Waals surface area contributed by atoms with Crippen LogP contribution < -0.4 is 0 Å². The summed E-state index contributed by atoms with van der Waals surface area (Å²) in [6, 6.07) is 9.71. The van der Waals surface area contributed by atoms with E-state index in [-0.39, 0.29) is 0 Å². The molecule has 0 spiro atoms. The lowest BCUT2D eigenvalue weighted by molar-refractivity contribution is 0.0600. The van der Waals surface area contributed by atoms with Crippen molar-refractivity contribution in [1.82, 2.24) is 5.16 Å². The molecule has 0 unspecified atom stereocenters. The molecule has 0 saturated heterocycles. The maximum atomic E-state index is 11.4. The second-order valence-electron chi connectivity index (χ2n) is 3.35. The number of carbonyl (C=O) groups excluding carboxylic acids is 1. The van der Waals surface area contributed by atoms with Crippen molar-refractivity contribution in [1.29, 1.82) is 0 Å². The highest BCUT2D eigenvalue weighted by Crippen LogP contribution is 2.12. The Morgan fingerprint density at radius 2 is 2.06 bits per heavy atom. The number of hydrogen-bond acceptors (Lipinski definition) is 4. The summed E-state index contributed by atoms with van der Waals surface area (Å²) in [4.78, 5) is 11.4. The molecule has 86 valence electrons. The minimum absolute atomic E-state index is 0.319. The number of methoxy groups -OCH3 is 1. The van der Waals surface area contributed by atoms with Crippen LogP contribution in [0.25, 0.3) is 12.2 Å². The van der Waals surface area contributed by atoms with Gasteiger partial charge < -0.3 is 9.26 Å². The number of rotatable bonds is 3. The SMILES string of the molecule is COC(=O)c1conc1/C=C/c1ccccc1. The third kappa shape index (κ3) is 2.60. The minimum atomic E-state index is -0.459. The Morgan fingerprint density at radius 1 is 1.29 bits per heavy atom. The van der Waals surface area contributed by atoms with Crippen LogP contribution in [-0.4, -0.2) is 18.2 Å². The van der Waals surface area contributed by atoms with Crippen LogP contribution in [0.3, 0.4) is 0 Å². The van der Waals surface area contributed by atoms with E-state index in [2.05, 4.69) is 9.89 Å². The molecular weight excluding hydrogens is 218 g/mol. The van der Waals surface area contributed by atoms with E-state index in [1.165, 1.54) is 13.4 Å². The molecule has 0 radical (unpaired) electrons. The topological polar surface area (TPSA) is 52.3 Å². The highest BCUT2D eigenvalue weighted by molar-refractivity contribution is 5.93. The number of hydrogen-bond donors (Lipinski definition) is 0. The Kier molecular flexibility index (Phi) is 3.35. The Balaban J connectivity index is 2.22. The third-order valence-electron chi connectivity index (χ3n) is 2.24. The zero-order chi connectivity index (χ0) is 12.1. The van der Waals surface area contributed by atoms with Crippen molar-refractivity contribution in [2.45, 2.75) is 0 Å². The van der Waals surface area contributed by atoms with E-state index in [1.54, 1.807) is 6.08 Å². The third-order valence-corrected chi connectivity index (χ3v) is 2.24. The fourth-order valence-electron chi connectivity index (χ4n) is 1.37. The first-order chi connectivity index (χ1) is 8.31. The molecule has 1 aromatic carbocycles. The summed E-state index contributed by atoms with van der Waals surface area (Å²) in [7, 11) is 1.32. The van der Waals surface area contributed by atoms with Crippen molar-refractivity contribution < 1.29 is 14.1 Å². The fraction of sp³-hybridized carbons (Fsp3) is 0.0769. The lowest BCUT2D eigenvalue weighted by Gasteiger charge is -1.94. The second kappa shape index (κ2) is 5.12. The van der Waals surface area contributed by atoms with Gasteiger partial charge in [0.25, 0.3) is 0 Å². The van der Waals surface area contributed by atoms with Crippen LogP contribution in [0.15, 0.2) is 41.1 Å². The number of carbonyl (C=O) groups is 1. The molecular formula is C13H11NO3. The molecule has 2 aromatic rings. The van der Waals surface area contributed by atoms with Gasteiger partial charge in [-0.3, -0.25) is 0 Å². The lowest BCUT2D eigenvalue weighted by atomic mass is 10.2. The van der Waals surface area contributed by atoms with E-state index in [1.807, 2.05) is 36.4 Å². The summed E-state index contributed by atoms with van der Waals surface area (Å²) < 4.78 is 9.37. The van der Waals surface area contributed by atoms with Crippen LogP contribution in [-0.2, 0) is 4.74 Å². The van der Waals surface area contributed by atoms with E-state index in [4.69, 9.17) is 4.52 Å². The molecule has 0 aliphatic rings. The monoisotopic (exact) mass is 229 g/mol. The van der Waals surface area contributed by atoms with E-state index < -0.39 is 5.97 Å². The molecule has 17 heavy (non-hydrogen) atoms. The van der Waals surface area contributed by atoms with Crippen molar-refractivity contribution in [2.24, 2.45) is 0 Å². The average Bonchev–Trinajstić information content (AvgIpc) is 2.85. The highest BCUT2D eigenvalue weighted by Gasteiger charge is 2.13. The smallest absolute Gasteiger partial charge is 0.343 e. The molecule has 2 rings (SSSR count). The molecule has 0 saturated carbocycles. The van der Waals surface area contributed by atoms with E-state index >= 15 is 0 Å². The zero-order valence-corrected chi connectivity index (χ0v) is 9.29. The van der Waals surface area contributed by atoms with Gasteiger partial charge in [0.2, 0.25) is 0 Å². The van der Waals surface area contributed by atoms with Crippen molar-refractivity contribution >= 4 is 18.1 Å². The second-order valence-corrected chi connectivity index (χ2v) is 3.35. The molecule has 0 aliphatic carbocycles. The summed E-state index contributed by atoms with van der Waals surface area (Å²) >= 11 is 0. The normalized spacial score (nSPS) is 10.6. The van der Waals surface area contributed by atoms with Gasteiger partial charge >= 0.3 is 5.97 Å². The zero-order valence-electron chi connectivity index (χ0n) is 9.29. The molecule has 1 aromatic heterocycles. The standard InChI is InChI=1S/C13H11NO3/c1-16-13(15)11-9-17-14-12(11)8-7-10-5-3-2-4-6-10/h2-9H,1H3/b8-7+. The molecule has 1 heterocycles. The first-order valence-electron chi connectivity index (χ1n) is 5.07. The predicted octanol–water partition coefficient (Wildman–Crippen LogP) is 2.63. The number of esters is 1. The Morgan fingerprint density at radius 3 is 2.76 bits per heavy atom. The summed E-state index contributed by atoms with van der Waals surface area (Å²) in [6.07, 6.45) is 4.84. The number of benzene rings is 1. The van der Waals surface area contributed by atoms with Crippen molar-refractivity contribution in [3.8, 4) is 0 Å². The van der Waals surface area contributed by atoms with Crippen molar-refractivity contribution in [3.05, 3.63) is 53.4 Å². The van der Waals surface area contributed by atoms with Crippen LogP contribution in [0.1, 0.15) is 21.6 Å². The van der Waals surface area contributed by atoms with Gasteiger partial charge in [-0.1, -0.05) is 41.6 Å². The molecule has 0 amide bonds. The molecule has 0 fully saturated rings. The highest BCUT2D eigenvalue weighted by atomic mass is 16.5. The van der Waals surface area contributed by atoms with Gasteiger partial charge in [0.05, 0.1) is 7.11 Å². The van der Waals surface area contributed by atoms with Crippen molar-refractivity contribution in [2.75, 3.05) is 7.11 Å². The maximum Gasteiger partial charge on any atom is 0.343 e. The Bertz CT molecular complexity index is 529. The first kappa shape index (κ1) is 11.1. The van der Waals surface area contributed by atoms with Gasteiger partial charge in [-0.2, -0.15) is 0 Å². The summed E-state index contributed by atoms with van der Waals surface area (Å²) in [5.41, 5.74) is 1.80. The van der Waals surface area contributed by atoms with E-state index in [9.17, 15) is 4.79 Å². The molecule has 4 nitrogen and oxygen atoms in total. The van der Waals surface area contributed by atoms with Crippen LogP contribution in [0.5, 0.6) is 0 Å². The van der Waals surface area contributed by atoms with Gasteiger partial charge in [0, 0.05) is 0 Å². The largest absolute Gasteiger partial charge is 0.465 e. The molecule has 0 atom stereocenters. The lowest BCUT2D eigenvalue weighted by Crippen LogP contribution is -2.01. The molecule has 0 bridgehead atoms. The van der Waals surface area contributed by atoms with Crippen LogP contribution >= 0.6 is 0 Å². The average molecular weight is 229 g/mol. The fourth-order valence-corrected chi connectivity index (χ4v) is 1.37. The Labute approximate surface area is 98.5 Å². The van der Waals surface area contributed by atoms with E-state index in [0.29, 0.717) is 11.3 Å². The molecule has 4 heteroatoms. The first-order valence-corrected chi connectivity index (χ1v) is 5.07. The minimum Gasteiger partial charge on any atom is -0.465 e. The summed E-state index contributed by atoms with van der Waals surface area (Å²) in [5, 5.41) is 3.74. The van der Waals surface area contributed by atoms with Gasteiger partial charge in [-0.05, 0) is 11.6 Å². The number of ether oxygens (including phenoxy) is 1. The maximum absolute atomic E-state index is 11.4. The van der Waals surface area contributed by atoms with Crippen LogP contribution in [0.4, 0.5) is 0 Å². The van der Waals surface area contributed by atoms with Crippen LogP contribution in [0, 0.1) is 0 Å². The Hall–Kier alpha value is -2.36. The van der Waals surface area contributed by atoms with E-state index in [0.717, 1.165) is 5.56 Å². The van der Waals surface area contributed by atoms with Gasteiger partial charge in [0.1, 0.15) is 17.5 Å². The van der Waals surface area contributed by atoms with Gasteiger partial charge in [-0.25, -0.2) is 4.79 Å². The quantitative estimate of drug-likeness (QED) is 0.759. The van der Waals surface area contributed by atoms with Crippen molar-refractivity contribution in [3.63, 3.8) is 0 Å². The number of nitrogens with zero attached hydrogens (tertiary/aromatic N) is 1. The predicted molar refractivity (Wildman–Crippen MR) is 63.2 cm³/mol. The number of aromatic nitrogens is 1. The van der Waals surface area contributed by atoms with Crippen LogP contribution in [0.2, 0.25) is 0 Å². The summed E-state index contributed by atoms with van der Waals surface area (Å²) in [5.74, 6) is -0.459. The van der Waals surface area contributed by atoms with Gasteiger partial charge in [-0.15, -0.1) is 0 Å². The molecule has 0 N–H and O–H groups in total. The summed E-state index contributed by atoms with van der Waals surface area (Å²) in [6.45, 7) is 0. The van der Waals surface area contributed by atoms with Gasteiger partial charge in [0.15, 0.2) is 0 Å². The molecule has 0 aliphatic heterocycles.